The summed E-state index contributed by atoms with van der Waals surface area (Å²) in [5.74, 6) is 0.755. The van der Waals surface area contributed by atoms with Crippen LogP contribution in [0.5, 0.6) is 11.5 Å². The molecule has 1 saturated heterocycles. The summed E-state index contributed by atoms with van der Waals surface area (Å²) in [5.41, 5.74) is 1.48. The van der Waals surface area contributed by atoms with Crippen molar-refractivity contribution in [2.75, 3.05) is 27.3 Å². The fourth-order valence-electron chi connectivity index (χ4n) is 3.17. The van der Waals surface area contributed by atoms with E-state index in [9.17, 15) is 4.79 Å². The predicted octanol–water partition coefficient (Wildman–Crippen LogP) is 3.08. The van der Waals surface area contributed by atoms with Crippen LogP contribution in [0.3, 0.4) is 0 Å². The number of thiazole rings is 1. The Labute approximate surface area is 158 Å². The number of amides is 1. The van der Waals surface area contributed by atoms with E-state index in [2.05, 4.69) is 20.6 Å². The molecule has 7 heteroatoms. The van der Waals surface area contributed by atoms with E-state index in [0.717, 1.165) is 30.3 Å². The fourth-order valence-corrected chi connectivity index (χ4v) is 3.89. The lowest BCUT2D eigenvalue weighted by Gasteiger charge is -2.25. The number of nitrogens with one attached hydrogen (secondary N) is 1. The Bertz CT molecular complexity index is 719. The Morgan fingerprint density at radius 2 is 1.88 bits per heavy atom. The lowest BCUT2D eigenvalue weighted by atomic mass is 10.1. The average Bonchev–Trinajstić information content (AvgIpc) is 3.13. The van der Waals surface area contributed by atoms with Gasteiger partial charge in [0.2, 0.25) is 0 Å². The second kappa shape index (κ2) is 9.00. The molecule has 0 aliphatic carbocycles. The maximum Gasteiger partial charge on any atom is 0.259 e. The van der Waals surface area contributed by atoms with E-state index in [4.69, 9.17) is 9.47 Å². The first-order chi connectivity index (χ1) is 12.7. The van der Waals surface area contributed by atoms with Gasteiger partial charge in [-0.1, -0.05) is 12.5 Å². The van der Waals surface area contributed by atoms with Crippen LogP contribution in [0.4, 0.5) is 0 Å². The summed E-state index contributed by atoms with van der Waals surface area (Å²) in [5, 5.41) is 5.90. The minimum absolute atomic E-state index is 0.230. The van der Waals surface area contributed by atoms with Gasteiger partial charge in [0.15, 0.2) is 0 Å². The number of piperidine rings is 1. The molecule has 0 unspecified atom stereocenters. The minimum atomic E-state index is -0.230. The van der Waals surface area contributed by atoms with Gasteiger partial charge in [-0.05, 0) is 38.1 Å². The van der Waals surface area contributed by atoms with Crippen LogP contribution in [0.15, 0.2) is 23.6 Å². The third-order valence-corrected chi connectivity index (χ3v) is 5.39. The van der Waals surface area contributed by atoms with Crippen LogP contribution < -0.4 is 14.8 Å². The topological polar surface area (TPSA) is 63.7 Å². The summed E-state index contributed by atoms with van der Waals surface area (Å²) >= 11 is 1.58. The Hall–Kier alpha value is -2.12. The zero-order valence-electron chi connectivity index (χ0n) is 15.3. The Kier molecular flexibility index (Phi) is 6.46. The maximum atomic E-state index is 12.6. The highest BCUT2D eigenvalue weighted by molar-refractivity contribution is 7.09. The molecule has 0 bridgehead atoms. The van der Waals surface area contributed by atoms with E-state index in [1.165, 1.54) is 19.3 Å². The van der Waals surface area contributed by atoms with Gasteiger partial charge in [0, 0.05) is 11.9 Å². The van der Waals surface area contributed by atoms with Gasteiger partial charge in [0.25, 0.3) is 5.91 Å². The van der Waals surface area contributed by atoms with Crippen molar-refractivity contribution in [1.29, 1.82) is 0 Å². The van der Waals surface area contributed by atoms with Crippen molar-refractivity contribution in [1.82, 2.24) is 15.2 Å². The van der Waals surface area contributed by atoms with Crippen molar-refractivity contribution < 1.29 is 14.3 Å². The second-order valence-electron chi connectivity index (χ2n) is 6.29. The number of nitrogens with zero attached hydrogens (tertiary/aromatic N) is 2. The van der Waals surface area contributed by atoms with Crippen LogP contribution in [0.1, 0.15) is 40.3 Å². The predicted molar refractivity (Wildman–Crippen MR) is 102 cm³/mol. The molecule has 0 atom stereocenters. The molecule has 1 N–H and O–H groups in total. The molecular formula is C19H25N3O3S. The SMILES string of the molecule is COc1cccc(OC)c1C(=O)NCc1nc(CN2CCCCC2)cs1. The molecule has 1 fully saturated rings. The number of methoxy groups -OCH3 is 2. The molecule has 1 aromatic carbocycles. The van der Waals surface area contributed by atoms with Crippen LogP contribution in [-0.2, 0) is 13.1 Å². The molecule has 2 heterocycles. The highest BCUT2D eigenvalue weighted by atomic mass is 32.1. The Balaban J connectivity index is 1.60. The molecule has 2 aromatic rings. The quantitative estimate of drug-likeness (QED) is 0.806. The molecule has 0 spiro atoms. The number of ether oxygens (including phenoxy) is 2. The number of rotatable bonds is 7. The smallest absolute Gasteiger partial charge is 0.259 e. The Morgan fingerprint density at radius 3 is 2.54 bits per heavy atom. The standard InChI is InChI=1S/C19H25N3O3S/c1-24-15-7-6-8-16(25-2)18(15)19(23)20-11-17-21-14(13-26-17)12-22-9-4-3-5-10-22/h6-8,13H,3-5,9-12H2,1-2H3,(H,20,23). The number of aromatic nitrogens is 1. The van der Waals surface area contributed by atoms with Crippen LogP contribution in [0.2, 0.25) is 0 Å². The first-order valence-electron chi connectivity index (χ1n) is 8.86. The highest BCUT2D eigenvalue weighted by Gasteiger charge is 2.18. The summed E-state index contributed by atoms with van der Waals surface area (Å²) in [6, 6.07) is 5.29. The number of carbonyl (C=O) groups is 1. The number of likely N-dealkylation sites (tertiary alicyclic amines) is 1. The van der Waals surface area contributed by atoms with E-state index < -0.39 is 0 Å². The molecule has 26 heavy (non-hydrogen) atoms. The lowest BCUT2D eigenvalue weighted by molar-refractivity contribution is 0.0944. The Morgan fingerprint density at radius 1 is 1.19 bits per heavy atom. The zero-order chi connectivity index (χ0) is 18.4. The largest absolute Gasteiger partial charge is 0.496 e. The zero-order valence-corrected chi connectivity index (χ0v) is 16.1. The number of hydrogen-bond donors (Lipinski definition) is 1. The van der Waals surface area contributed by atoms with E-state index in [-0.39, 0.29) is 5.91 Å². The van der Waals surface area contributed by atoms with E-state index >= 15 is 0 Å². The van der Waals surface area contributed by atoms with Crippen LogP contribution >= 0.6 is 11.3 Å². The molecule has 0 radical (unpaired) electrons. The van der Waals surface area contributed by atoms with E-state index in [1.54, 1.807) is 43.8 Å². The van der Waals surface area contributed by atoms with Gasteiger partial charge >= 0.3 is 0 Å². The molecule has 1 aliphatic rings. The van der Waals surface area contributed by atoms with Crippen molar-refractivity contribution in [3.63, 3.8) is 0 Å². The number of carbonyl (C=O) groups excluding carboxylic acids is 1. The van der Waals surface area contributed by atoms with Crippen molar-refractivity contribution in [3.8, 4) is 11.5 Å². The van der Waals surface area contributed by atoms with Crippen molar-refractivity contribution in [2.24, 2.45) is 0 Å². The number of hydrogen-bond acceptors (Lipinski definition) is 6. The summed E-state index contributed by atoms with van der Waals surface area (Å²) in [4.78, 5) is 19.7. The fraction of sp³-hybridized carbons (Fsp3) is 0.474. The van der Waals surface area contributed by atoms with Gasteiger partial charge in [-0.25, -0.2) is 4.98 Å². The first kappa shape index (κ1) is 18.7. The van der Waals surface area contributed by atoms with Gasteiger partial charge in [-0.3, -0.25) is 9.69 Å². The van der Waals surface area contributed by atoms with Crippen LogP contribution in [-0.4, -0.2) is 43.1 Å². The molecule has 0 saturated carbocycles. The van der Waals surface area contributed by atoms with Crippen molar-refractivity contribution >= 4 is 17.2 Å². The average molecular weight is 375 g/mol. The van der Waals surface area contributed by atoms with Gasteiger partial charge in [-0.15, -0.1) is 11.3 Å². The summed E-state index contributed by atoms with van der Waals surface area (Å²) in [7, 11) is 3.08. The molecular weight excluding hydrogens is 350 g/mol. The first-order valence-corrected chi connectivity index (χ1v) is 9.74. The van der Waals surface area contributed by atoms with E-state index in [0.29, 0.717) is 23.6 Å². The van der Waals surface area contributed by atoms with Gasteiger partial charge in [-0.2, -0.15) is 0 Å². The minimum Gasteiger partial charge on any atom is -0.496 e. The highest BCUT2D eigenvalue weighted by Crippen LogP contribution is 2.28. The maximum absolute atomic E-state index is 12.6. The molecule has 1 aliphatic heterocycles. The monoisotopic (exact) mass is 375 g/mol. The van der Waals surface area contributed by atoms with Gasteiger partial charge < -0.3 is 14.8 Å². The molecule has 3 rings (SSSR count). The van der Waals surface area contributed by atoms with Crippen LogP contribution in [0, 0.1) is 0 Å². The molecule has 1 amide bonds. The van der Waals surface area contributed by atoms with Gasteiger partial charge in [0.1, 0.15) is 22.1 Å². The number of benzene rings is 1. The van der Waals surface area contributed by atoms with Gasteiger partial charge in [0.05, 0.1) is 26.5 Å². The molecule has 1 aromatic heterocycles. The lowest BCUT2D eigenvalue weighted by Crippen LogP contribution is -2.29. The second-order valence-corrected chi connectivity index (χ2v) is 7.23. The van der Waals surface area contributed by atoms with Crippen LogP contribution in [0.25, 0.3) is 0 Å². The van der Waals surface area contributed by atoms with Crippen molar-refractivity contribution in [3.05, 3.63) is 39.8 Å². The third-order valence-electron chi connectivity index (χ3n) is 4.49. The summed E-state index contributed by atoms with van der Waals surface area (Å²) < 4.78 is 10.6. The molecule has 6 nitrogen and oxygen atoms in total. The summed E-state index contributed by atoms with van der Waals surface area (Å²) in [6.45, 7) is 3.59. The molecule has 140 valence electrons. The third kappa shape index (κ3) is 4.53. The summed E-state index contributed by atoms with van der Waals surface area (Å²) in [6.07, 6.45) is 3.87. The van der Waals surface area contributed by atoms with E-state index in [1.807, 2.05) is 0 Å². The normalized spacial score (nSPS) is 14.8. The van der Waals surface area contributed by atoms with Crippen molar-refractivity contribution in [2.45, 2.75) is 32.4 Å².